The highest BCUT2D eigenvalue weighted by Crippen LogP contribution is 2.14. The van der Waals surface area contributed by atoms with Crippen molar-refractivity contribution >= 4 is 5.91 Å². The molecule has 3 rings (SSSR count). The van der Waals surface area contributed by atoms with E-state index in [1.54, 1.807) is 12.4 Å². The molecule has 2 aromatic rings. The molecule has 1 atom stereocenters. The van der Waals surface area contributed by atoms with Crippen molar-refractivity contribution in [3.8, 4) is 0 Å². The van der Waals surface area contributed by atoms with E-state index in [4.69, 9.17) is 4.74 Å². The Kier molecular flexibility index (Phi) is 4.98. The second kappa shape index (κ2) is 7.33. The third-order valence-corrected chi connectivity index (χ3v) is 4.02. The molecule has 5 heteroatoms. The van der Waals surface area contributed by atoms with Crippen molar-refractivity contribution < 1.29 is 9.53 Å². The van der Waals surface area contributed by atoms with Crippen molar-refractivity contribution in [1.82, 2.24) is 14.9 Å². The molecule has 120 valence electrons. The third-order valence-electron chi connectivity index (χ3n) is 4.02. The lowest BCUT2D eigenvalue weighted by Gasteiger charge is -2.32. The normalized spacial score (nSPS) is 18.0. The Labute approximate surface area is 136 Å². The van der Waals surface area contributed by atoms with Crippen molar-refractivity contribution in [3.05, 3.63) is 59.7 Å². The third kappa shape index (κ3) is 4.13. The predicted molar refractivity (Wildman–Crippen MR) is 87.2 cm³/mol. The summed E-state index contributed by atoms with van der Waals surface area (Å²) in [5, 5.41) is 0. The number of hydrogen-bond donors (Lipinski definition) is 0. The first-order valence-corrected chi connectivity index (χ1v) is 7.96. The molecule has 1 aromatic heterocycles. The van der Waals surface area contributed by atoms with Crippen molar-refractivity contribution in [2.75, 3.05) is 19.7 Å². The molecule has 0 radical (unpaired) electrons. The van der Waals surface area contributed by atoms with Gasteiger partial charge in [0.25, 0.3) is 5.91 Å². The Morgan fingerprint density at radius 2 is 2.09 bits per heavy atom. The first-order valence-electron chi connectivity index (χ1n) is 7.96. The highest BCUT2D eigenvalue weighted by Gasteiger charge is 2.25. The Hall–Kier alpha value is -2.27. The summed E-state index contributed by atoms with van der Waals surface area (Å²) >= 11 is 0. The van der Waals surface area contributed by atoms with Crippen LogP contribution in [-0.2, 0) is 11.2 Å². The van der Waals surface area contributed by atoms with Crippen LogP contribution in [0.15, 0.2) is 42.7 Å². The fourth-order valence-corrected chi connectivity index (χ4v) is 2.72. The first-order chi connectivity index (χ1) is 11.2. The quantitative estimate of drug-likeness (QED) is 0.869. The van der Waals surface area contributed by atoms with Gasteiger partial charge in [0.15, 0.2) is 0 Å². The minimum absolute atomic E-state index is 0.0643. The molecule has 0 N–H and O–H groups in total. The number of nitrogens with zero attached hydrogens (tertiary/aromatic N) is 3. The van der Waals surface area contributed by atoms with Crippen LogP contribution in [0.25, 0.3) is 0 Å². The standard InChI is InChI=1S/C18H21N3O2/c1-14-11-20-17(12-19-14)18(22)21-9-10-23-16(13-21)8-7-15-5-3-2-4-6-15/h2-6,11-12,16H,7-10,13H2,1H3. The monoisotopic (exact) mass is 311 g/mol. The first kappa shape index (κ1) is 15.6. The molecule has 0 saturated carbocycles. The van der Waals surface area contributed by atoms with Gasteiger partial charge >= 0.3 is 0 Å². The number of aryl methyl sites for hydroxylation is 2. The molecule has 5 nitrogen and oxygen atoms in total. The smallest absolute Gasteiger partial charge is 0.274 e. The van der Waals surface area contributed by atoms with Gasteiger partial charge in [-0.2, -0.15) is 0 Å². The zero-order valence-electron chi connectivity index (χ0n) is 13.3. The second-order valence-corrected chi connectivity index (χ2v) is 5.81. The summed E-state index contributed by atoms with van der Waals surface area (Å²) in [5.41, 5.74) is 2.51. The Morgan fingerprint density at radius 1 is 1.26 bits per heavy atom. The summed E-state index contributed by atoms with van der Waals surface area (Å²) in [6.07, 6.45) is 5.11. The average Bonchev–Trinajstić information content (AvgIpc) is 2.61. The fraction of sp³-hybridized carbons (Fsp3) is 0.389. The molecule has 1 aliphatic heterocycles. The SMILES string of the molecule is Cc1cnc(C(=O)N2CCOC(CCc3ccccc3)C2)cn1. The summed E-state index contributed by atoms with van der Waals surface area (Å²) < 4.78 is 5.81. The molecule has 1 fully saturated rings. The summed E-state index contributed by atoms with van der Waals surface area (Å²) in [6, 6.07) is 10.3. The molecule has 0 bridgehead atoms. The van der Waals surface area contributed by atoms with Gasteiger partial charge in [0, 0.05) is 19.3 Å². The molecule has 1 saturated heterocycles. The van der Waals surface area contributed by atoms with Crippen LogP contribution < -0.4 is 0 Å². The van der Waals surface area contributed by atoms with Crippen LogP contribution in [0.5, 0.6) is 0 Å². The van der Waals surface area contributed by atoms with Gasteiger partial charge < -0.3 is 9.64 Å². The van der Waals surface area contributed by atoms with E-state index >= 15 is 0 Å². The highest BCUT2D eigenvalue weighted by molar-refractivity contribution is 5.92. The number of hydrogen-bond acceptors (Lipinski definition) is 4. The molecule has 0 aliphatic carbocycles. The Morgan fingerprint density at radius 3 is 2.83 bits per heavy atom. The van der Waals surface area contributed by atoms with E-state index in [1.807, 2.05) is 30.0 Å². The maximum absolute atomic E-state index is 12.5. The van der Waals surface area contributed by atoms with Crippen LogP contribution in [0, 0.1) is 6.92 Å². The second-order valence-electron chi connectivity index (χ2n) is 5.81. The van der Waals surface area contributed by atoms with E-state index in [0.717, 1.165) is 18.5 Å². The summed E-state index contributed by atoms with van der Waals surface area (Å²) in [6.45, 7) is 3.65. The van der Waals surface area contributed by atoms with Crippen LogP contribution >= 0.6 is 0 Å². The van der Waals surface area contributed by atoms with E-state index < -0.39 is 0 Å². The number of carbonyl (C=O) groups is 1. The van der Waals surface area contributed by atoms with E-state index in [0.29, 0.717) is 25.4 Å². The van der Waals surface area contributed by atoms with E-state index in [1.165, 1.54) is 5.56 Å². The van der Waals surface area contributed by atoms with Crippen LogP contribution in [0.3, 0.4) is 0 Å². The van der Waals surface area contributed by atoms with Gasteiger partial charge in [-0.25, -0.2) is 4.98 Å². The van der Waals surface area contributed by atoms with Crippen molar-refractivity contribution in [2.45, 2.75) is 25.9 Å². The van der Waals surface area contributed by atoms with Gasteiger partial charge in [0.2, 0.25) is 0 Å². The van der Waals surface area contributed by atoms with Crippen molar-refractivity contribution in [1.29, 1.82) is 0 Å². The number of amides is 1. The molecule has 0 spiro atoms. The van der Waals surface area contributed by atoms with Gasteiger partial charge in [0.05, 0.1) is 24.6 Å². The van der Waals surface area contributed by atoms with Gasteiger partial charge in [0.1, 0.15) is 5.69 Å². The highest BCUT2D eigenvalue weighted by atomic mass is 16.5. The maximum atomic E-state index is 12.5. The largest absolute Gasteiger partial charge is 0.375 e. The lowest BCUT2D eigenvalue weighted by Crippen LogP contribution is -2.46. The van der Waals surface area contributed by atoms with E-state index in [-0.39, 0.29) is 12.0 Å². The Balaban J connectivity index is 1.57. The number of morpholine rings is 1. The molecule has 1 aromatic carbocycles. The van der Waals surface area contributed by atoms with E-state index in [9.17, 15) is 4.79 Å². The topological polar surface area (TPSA) is 55.3 Å². The lowest BCUT2D eigenvalue weighted by atomic mass is 10.1. The Bertz CT molecular complexity index is 643. The summed E-state index contributed by atoms with van der Waals surface area (Å²) in [5.74, 6) is -0.0643. The molecule has 1 aliphatic rings. The van der Waals surface area contributed by atoms with Crippen molar-refractivity contribution in [2.24, 2.45) is 0 Å². The zero-order valence-corrected chi connectivity index (χ0v) is 13.3. The van der Waals surface area contributed by atoms with Gasteiger partial charge in [-0.3, -0.25) is 9.78 Å². The van der Waals surface area contributed by atoms with Crippen LogP contribution in [0.4, 0.5) is 0 Å². The molecule has 23 heavy (non-hydrogen) atoms. The van der Waals surface area contributed by atoms with Gasteiger partial charge in [-0.05, 0) is 25.3 Å². The molecule has 2 heterocycles. The van der Waals surface area contributed by atoms with Crippen LogP contribution in [-0.4, -0.2) is 46.6 Å². The molecular weight excluding hydrogens is 290 g/mol. The van der Waals surface area contributed by atoms with Gasteiger partial charge in [-0.15, -0.1) is 0 Å². The number of carbonyl (C=O) groups excluding carboxylic acids is 1. The minimum atomic E-state index is -0.0643. The number of benzene rings is 1. The van der Waals surface area contributed by atoms with Crippen LogP contribution in [0.2, 0.25) is 0 Å². The molecule has 1 unspecified atom stereocenters. The summed E-state index contributed by atoms with van der Waals surface area (Å²) in [7, 11) is 0. The lowest BCUT2D eigenvalue weighted by molar-refractivity contribution is -0.0248. The van der Waals surface area contributed by atoms with Gasteiger partial charge in [-0.1, -0.05) is 30.3 Å². The molecular formula is C18H21N3O2. The average molecular weight is 311 g/mol. The van der Waals surface area contributed by atoms with E-state index in [2.05, 4.69) is 22.1 Å². The molecule has 1 amide bonds. The van der Waals surface area contributed by atoms with Crippen molar-refractivity contribution in [3.63, 3.8) is 0 Å². The maximum Gasteiger partial charge on any atom is 0.274 e. The fourth-order valence-electron chi connectivity index (χ4n) is 2.72. The minimum Gasteiger partial charge on any atom is -0.375 e. The number of ether oxygens (including phenoxy) is 1. The zero-order chi connectivity index (χ0) is 16.1. The predicted octanol–water partition coefficient (Wildman–Crippen LogP) is 2.26. The number of rotatable bonds is 4. The number of aromatic nitrogens is 2. The summed E-state index contributed by atoms with van der Waals surface area (Å²) in [4.78, 5) is 22.6. The van der Waals surface area contributed by atoms with Crippen LogP contribution in [0.1, 0.15) is 28.2 Å².